The first-order valence-electron chi connectivity index (χ1n) is 10.6. The summed E-state index contributed by atoms with van der Waals surface area (Å²) >= 11 is 0. The number of amides is 1. The van der Waals surface area contributed by atoms with Crippen LogP contribution in [0.4, 0.5) is 23.1 Å². The van der Waals surface area contributed by atoms with Gasteiger partial charge in [-0.05, 0) is 26.0 Å². The molecule has 0 unspecified atom stereocenters. The molecule has 0 aliphatic heterocycles. The summed E-state index contributed by atoms with van der Waals surface area (Å²) < 4.78 is 36.3. The Hall–Kier alpha value is -4.46. The second-order valence-electron chi connectivity index (χ2n) is 8.02. The summed E-state index contributed by atoms with van der Waals surface area (Å²) in [7, 11) is -2.13. The summed E-state index contributed by atoms with van der Waals surface area (Å²) in [4.78, 5) is 24.7. The van der Waals surface area contributed by atoms with Crippen LogP contribution in [0.1, 0.15) is 30.2 Å². The number of methoxy groups -OCH3 is 1. The summed E-state index contributed by atoms with van der Waals surface area (Å²) in [6, 6.07) is 5.17. The second kappa shape index (κ2) is 9.65. The van der Waals surface area contributed by atoms with Crippen molar-refractivity contribution in [2.24, 2.45) is 5.73 Å². The van der Waals surface area contributed by atoms with E-state index in [-0.39, 0.29) is 40.0 Å². The van der Waals surface area contributed by atoms with Crippen LogP contribution < -0.4 is 21.1 Å². The van der Waals surface area contributed by atoms with Crippen molar-refractivity contribution in [1.29, 1.82) is 0 Å². The molecule has 4 N–H and O–H groups in total. The van der Waals surface area contributed by atoms with Gasteiger partial charge in [-0.15, -0.1) is 0 Å². The van der Waals surface area contributed by atoms with Gasteiger partial charge in [-0.25, -0.2) is 13.4 Å². The lowest BCUT2D eigenvalue weighted by Gasteiger charge is -2.15. The second-order valence-corrected chi connectivity index (χ2v) is 9.98. The molecule has 0 aliphatic rings. The number of hydrogen-bond acceptors (Lipinski definition) is 11. The molecular weight excluding hydrogens is 488 g/mol. The first-order valence-corrected chi connectivity index (χ1v) is 12.5. The maximum atomic E-state index is 12.1. The topological polar surface area (TPSA) is 180 Å². The summed E-state index contributed by atoms with van der Waals surface area (Å²) in [6.07, 6.45) is 6.82. The van der Waals surface area contributed by atoms with Crippen LogP contribution in [-0.4, -0.2) is 52.4 Å². The monoisotopic (exact) mass is 512 g/mol. The van der Waals surface area contributed by atoms with Crippen LogP contribution in [0.25, 0.3) is 11.5 Å². The van der Waals surface area contributed by atoms with E-state index in [0.29, 0.717) is 16.9 Å². The Balaban J connectivity index is 1.70. The van der Waals surface area contributed by atoms with E-state index in [4.69, 9.17) is 14.9 Å². The molecule has 3 heterocycles. The van der Waals surface area contributed by atoms with Crippen molar-refractivity contribution >= 4 is 38.9 Å². The van der Waals surface area contributed by atoms with Crippen molar-refractivity contribution in [2.75, 3.05) is 24.0 Å². The van der Waals surface area contributed by atoms with E-state index in [1.54, 1.807) is 35.3 Å². The van der Waals surface area contributed by atoms with E-state index >= 15 is 0 Å². The molecule has 4 rings (SSSR count). The molecule has 13 nitrogen and oxygen atoms in total. The van der Waals surface area contributed by atoms with Crippen LogP contribution in [-0.2, 0) is 9.84 Å². The SMILES string of the molecule is COc1c(Nc2nc(Nc3cnn(C(C)C)c3)ncc2C(N)=O)cccc1-c1nc(S(C)(=O)=O)co1. The Bertz CT molecular complexity index is 1530. The minimum absolute atomic E-state index is 0.0401. The number of oxazole rings is 1. The smallest absolute Gasteiger partial charge is 0.254 e. The van der Waals surface area contributed by atoms with Gasteiger partial charge in [0.05, 0.1) is 30.2 Å². The fraction of sp³-hybridized carbons (Fsp3) is 0.227. The normalized spacial score (nSPS) is 11.5. The quantitative estimate of drug-likeness (QED) is 0.300. The average Bonchev–Trinajstić information content (AvgIpc) is 3.49. The van der Waals surface area contributed by atoms with Gasteiger partial charge in [0.2, 0.25) is 11.8 Å². The van der Waals surface area contributed by atoms with Crippen LogP contribution >= 0.6 is 0 Å². The van der Waals surface area contributed by atoms with Gasteiger partial charge in [0, 0.05) is 24.7 Å². The molecule has 0 bridgehead atoms. The molecule has 1 amide bonds. The minimum Gasteiger partial charge on any atom is -0.494 e. The fourth-order valence-electron chi connectivity index (χ4n) is 3.24. The number of benzene rings is 1. The first kappa shape index (κ1) is 24.7. The maximum absolute atomic E-state index is 12.1. The van der Waals surface area contributed by atoms with E-state index in [1.807, 2.05) is 13.8 Å². The molecule has 0 saturated carbocycles. The van der Waals surface area contributed by atoms with Gasteiger partial charge < -0.3 is 25.5 Å². The number of ether oxygens (including phenoxy) is 1. The molecule has 0 saturated heterocycles. The Morgan fingerprint density at radius 2 is 1.97 bits per heavy atom. The van der Waals surface area contributed by atoms with Crippen molar-refractivity contribution in [3.63, 3.8) is 0 Å². The Labute approximate surface area is 206 Å². The number of carbonyl (C=O) groups excluding carboxylic acids is 1. The Morgan fingerprint density at radius 1 is 1.19 bits per heavy atom. The van der Waals surface area contributed by atoms with E-state index in [1.165, 1.54) is 13.3 Å². The number of nitrogens with one attached hydrogen (secondary N) is 2. The van der Waals surface area contributed by atoms with Gasteiger partial charge in [-0.2, -0.15) is 15.1 Å². The van der Waals surface area contributed by atoms with Gasteiger partial charge in [0.15, 0.2) is 20.6 Å². The summed E-state index contributed by atoms with van der Waals surface area (Å²) in [5.41, 5.74) is 7.02. The first-order chi connectivity index (χ1) is 17.1. The lowest BCUT2D eigenvalue weighted by Crippen LogP contribution is -2.16. The lowest BCUT2D eigenvalue weighted by atomic mass is 10.1. The number of carbonyl (C=O) groups is 1. The van der Waals surface area contributed by atoms with Crippen molar-refractivity contribution < 1.29 is 22.4 Å². The molecule has 0 aliphatic carbocycles. The van der Waals surface area contributed by atoms with Crippen molar-refractivity contribution in [3.05, 3.63) is 48.6 Å². The van der Waals surface area contributed by atoms with Crippen molar-refractivity contribution in [1.82, 2.24) is 24.7 Å². The highest BCUT2D eigenvalue weighted by Gasteiger charge is 2.21. The van der Waals surface area contributed by atoms with Crippen molar-refractivity contribution in [2.45, 2.75) is 24.9 Å². The number of nitrogens with two attached hydrogens (primary N) is 1. The lowest BCUT2D eigenvalue weighted by molar-refractivity contribution is 0.100. The van der Waals surface area contributed by atoms with Crippen molar-refractivity contribution in [3.8, 4) is 17.2 Å². The molecule has 0 atom stereocenters. The average molecular weight is 513 g/mol. The number of hydrogen-bond donors (Lipinski definition) is 3. The van der Waals surface area contributed by atoms with Gasteiger partial charge >= 0.3 is 0 Å². The highest BCUT2D eigenvalue weighted by Crippen LogP contribution is 2.38. The highest BCUT2D eigenvalue weighted by atomic mass is 32.2. The number of para-hydroxylation sites is 1. The Morgan fingerprint density at radius 3 is 2.58 bits per heavy atom. The maximum Gasteiger partial charge on any atom is 0.254 e. The number of sulfone groups is 1. The molecule has 1 aromatic carbocycles. The number of primary amides is 1. The molecule has 4 aromatic rings. The van der Waals surface area contributed by atoms with Gasteiger partial charge in [0.1, 0.15) is 17.6 Å². The summed E-state index contributed by atoms with van der Waals surface area (Å²) in [6.45, 7) is 4.00. The van der Waals surface area contributed by atoms with Crippen LogP contribution in [0.2, 0.25) is 0 Å². The molecule has 14 heteroatoms. The third-order valence-electron chi connectivity index (χ3n) is 5.01. The molecule has 0 spiro atoms. The number of anilines is 4. The van der Waals surface area contributed by atoms with Gasteiger partial charge in [-0.1, -0.05) is 6.07 Å². The molecule has 0 radical (unpaired) electrons. The Kier molecular flexibility index (Phi) is 6.61. The summed E-state index contributed by atoms with van der Waals surface area (Å²) in [5, 5.41) is 10.1. The summed E-state index contributed by atoms with van der Waals surface area (Å²) in [5.74, 6) is -0.0981. The van der Waals surface area contributed by atoms with Gasteiger partial charge in [0.25, 0.3) is 5.91 Å². The van der Waals surface area contributed by atoms with E-state index in [2.05, 4.69) is 30.7 Å². The highest BCUT2D eigenvalue weighted by molar-refractivity contribution is 7.90. The fourth-order valence-corrected chi connectivity index (χ4v) is 3.71. The number of rotatable bonds is 9. The third kappa shape index (κ3) is 5.12. The molecule has 0 fully saturated rings. The van der Waals surface area contributed by atoms with E-state index in [0.717, 1.165) is 12.5 Å². The molecular formula is C22H24N8O5S. The van der Waals surface area contributed by atoms with Crippen LogP contribution in [0.3, 0.4) is 0 Å². The van der Waals surface area contributed by atoms with Crippen LogP contribution in [0.15, 0.2) is 52.5 Å². The van der Waals surface area contributed by atoms with Crippen LogP contribution in [0, 0.1) is 0 Å². The van der Waals surface area contributed by atoms with Gasteiger partial charge in [-0.3, -0.25) is 9.48 Å². The standard InChI is InChI=1S/C22H24N8O5S/c1-12(2)30-10-13(8-25-30)26-22-24-9-15(19(23)31)20(29-22)27-16-7-5-6-14(18(16)34-3)21-28-17(11-35-21)36(4,32)33/h5-12H,1-4H3,(H2,23,31)(H2,24,26,27,29). The third-order valence-corrected chi connectivity index (χ3v) is 5.95. The zero-order chi connectivity index (χ0) is 26.0. The largest absolute Gasteiger partial charge is 0.494 e. The molecule has 3 aromatic heterocycles. The predicted octanol–water partition coefficient (Wildman–Crippen LogP) is 2.91. The number of aromatic nitrogens is 5. The zero-order valence-electron chi connectivity index (χ0n) is 19.9. The molecule has 188 valence electrons. The predicted molar refractivity (Wildman–Crippen MR) is 131 cm³/mol. The molecule has 36 heavy (non-hydrogen) atoms. The zero-order valence-corrected chi connectivity index (χ0v) is 20.7. The van der Waals surface area contributed by atoms with E-state index < -0.39 is 15.7 Å². The minimum atomic E-state index is -3.56. The van der Waals surface area contributed by atoms with Crippen LogP contribution in [0.5, 0.6) is 5.75 Å². The number of nitrogens with zero attached hydrogens (tertiary/aromatic N) is 5. The van der Waals surface area contributed by atoms with E-state index in [9.17, 15) is 13.2 Å².